The van der Waals surface area contributed by atoms with Crippen LogP contribution >= 0.6 is 11.3 Å². The van der Waals surface area contributed by atoms with Gasteiger partial charge in [0.2, 0.25) is 12.3 Å². The lowest BCUT2D eigenvalue weighted by atomic mass is 9.84. The summed E-state index contributed by atoms with van der Waals surface area (Å²) in [7, 11) is 0. The second-order valence-corrected chi connectivity index (χ2v) is 11.8. The molecule has 9 nitrogen and oxygen atoms in total. The molecule has 0 spiro atoms. The van der Waals surface area contributed by atoms with Gasteiger partial charge in [-0.15, -0.1) is 0 Å². The Morgan fingerprint density at radius 3 is 2.11 bits per heavy atom. The molecule has 3 aromatic carbocycles. The number of thiazole rings is 1. The number of carbonyl (C=O) groups is 3. The van der Waals surface area contributed by atoms with E-state index in [0.29, 0.717) is 38.3 Å². The predicted octanol–water partition coefficient (Wildman–Crippen LogP) is 4.49. The number of anilines is 1. The Balaban J connectivity index is 1.06. The number of nitrogens with one attached hydrogen (secondary N) is 3. The lowest BCUT2D eigenvalue weighted by Crippen LogP contribution is -2.48. The Labute approximate surface area is 262 Å². The van der Waals surface area contributed by atoms with Crippen LogP contribution in [0.5, 0.6) is 0 Å². The summed E-state index contributed by atoms with van der Waals surface area (Å²) in [6.07, 6.45) is 4.07. The Morgan fingerprint density at radius 2 is 1.48 bits per heavy atom. The van der Waals surface area contributed by atoms with Crippen LogP contribution in [0.15, 0.2) is 78.9 Å². The van der Waals surface area contributed by atoms with Crippen LogP contribution in [0, 0.1) is 0 Å². The molecule has 0 saturated carbocycles. The molecule has 5 rings (SSSR count). The van der Waals surface area contributed by atoms with Gasteiger partial charge in [0.05, 0.1) is 29.0 Å². The zero-order valence-electron chi connectivity index (χ0n) is 24.7. The summed E-state index contributed by atoms with van der Waals surface area (Å²) in [5.74, 6) is -0.635. The fraction of sp³-hybridized carbons (Fsp3) is 0.353. The van der Waals surface area contributed by atoms with Crippen molar-refractivity contribution in [3.63, 3.8) is 0 Å². The second-order valence-electron chi connectivity index (χ2n) is 10.8. The summed E-state index contributed by atoms with van der Waals surface area (Å²) >= 11 is 1.61. The van der Waals surface area contributed by atoms with Gasteiger partial charge in [-0.3, -0.25) is 14.4 Å². The van der Waals surface area contributed by atoms with E-state index in [4.69, 9.17) is 9.72 Å². The maximum Gasteiger partial charge on any atom is 0.253 e. The molecular weight excluding hydrogens is 574 g/mol. The highest BCUT2D eigenvalue weighted by atomic mass is 32.1. The van der Waals surface area contributed by atoms with Crippen molar-refractivity contribution in [2.24, 2.45) is 0 Å². The number of rotatable bonds is 15. The van der Waals surface area contributed by atoms with Crippen molar-refractivity contribution >= 4 is 44.9 Å². The Morgan fingerprint density at radius 1 is 0.841 bits per heavy atom. The molecule has 1 aromatic heterocycles. The zero-order valence-corrected chi connectivity index (χ0v) is 25.6. The van der Waals surface area contributed by atoms with Crippen LogP contribution in [0.1, 0.15) is 53.1 Å². The van der Waals surface area contributed by atoms with E-state index in [-0.39, 0.29) is 17.7 Å². The summed E-state index contributed by atoms with van der Waals surface area (Å²) in [6.45, 7) is 4.08. The summed E-state index contributed by atoms with van der Waals surface area (Å²) in [4.78, 5) is 44.7. The molecule has 1 fully saturated rings. The van der Waals surface area contributed by atoms with Gasteiger partial charge in [-0.05, 0) is 36.1 Å². The molecular formula is C34H39N5O4S. The Kier molecular flexibility index (Phi) is 11.3. The summed E-state index contributed by atoms with van der Waals surface area (Å²) in [5.41, 5.74) is 3.26. The number of unbranched alkanes of at least 4 members (excludes halogenated alkanes) is 3. The molecule has 44 heavy (non-hydrogen) atoms. The predicted molar refractivity (Wildman–Crippen MR) is 174 cm³/mol. The summed E-state index contributed by atoms with van der Waals surface area (Å²) < 4.78 is 6.45. The number of benzene rings is 3. The number of hydrogen-bond donors (Lipinski definition) is 3. The van der Waals surface area contributed by atoms with Crippen LogP contribution in [0.25, 0.3) is 10.2 Å². The van der Waals surface area contributed by atoms with Crippen LogP contribution in [-0.2, 0) is 14.3 Å². The average Bonchev–Trinajstić information content (AvgIpc) is 3.52. The van der Waals surface area contributed by atoms with Gasteiger partial charge in [0, 0.05) is 32.1 Å². The van der Waals surface area contributed by atoms with Gasteiger partial charge in [0.15, 0.2) is 5.13 Å². The lowest BCUT2D eigenvalue weighted by molar-refractivity contribution is -0.125. The van der Waals surface area contributed by atoms with Gasteiger partial charge in [-0.1, -0.05) is 90.9 Å². The molecule has 10 heteroatoms. The molecule has 230 valence electrons. The van der Waals surface area contributed by atoms with Crippen molar-refractivity contribution in [2.45, 2.75) is 37.6 Å². The third-order valence-electron chi connectivity index (χ3n) is 7.80. The van der Waals surface area contributed by atoms with Crippen LogP contribution in [0.4, 0.5) is 5.13 Å². The second kappa shape index (κ2) is 16.0. The standard InChI is InChI=1S/C34H39N5O4S/c40-24-37-31(29(25-12-5-3-6-13-25)26-14-7-4-8-15-26)33(42)36-19-10-2-1-9-18-35-32(41)27-16-11-17-28-30(27)38-34(44-28)39-20-22-43-23-21-39/h3-8,11-17,24,29,31H,1-2,9-10,18-23H2,(H,35,41)(H,36,42)(H,37,40). The molecule has 1 aliphatic rings. The lowest BCUT2D eigenvalue weighted by Gasteiger charge is -2.27. The van der Waals surface area contributed by atoms with Crippen molar-refractivity contribution in [2.75, 3.05) is 44.3 Å². The molecule has 1 aliphatic heterocycles. The van der Waals surface area contributed by atoms with Crippen LogP contribution in [-0.4, -0.2) is 68.6 Å². The van der Waals surface area contributed by atoms with Gasteiger partial charge < -0.3 is 25.6 Å². The minimum absolute atomic E-state index is 0.109. The molecule has 1 saturated heterocycles. The molecule has 0 bridgehead atoms. The van der Waals surface area contributed by atoms with Crippen LogP contribution in [0.2, 0.25) is 0 Å². The maximum absolute atomic E-state index is 13.3. The fourth-order valence-electron chi connectivity index (χ4n) is 5.53. The number of nitrogens with zero attached hydrogens (tertiary/aromatic N) is 2. The van der Waals surface area contributed by atoms with Crippen LogP contribution < -0.4 is 20.9 Å². The fourth-order valence-corrected chi connectivity index (χ4v) is 6.57. The quantitative estimate of drug-likeness (QED) is 0.135. The monoisotopic (exact) mass is 613 g/mol. The molecule has 4 aromatic rings. The van der Waals surface area contributed by atoms with Gasteiger partial charge >= 0.3 is 0 Å². The average molecular weight is 614 g/mol. The van der Waals surface area contributed by atoms with Crippen molar-refractivity contribution < 1.29 is 19.1 Å². The topological polar surface area (TPSA) is 113 Å². The molecule has 3 amide bonds. The van der Waals surface area contributed by atoms with E-state index >= 15 is 0 Å². The number of ether oxygens (including phenoxy) is 1. The van der Waals surface area contributed by atoms with Crippen molar-refractivity contribution in [1.29, 1.82) is 0 Å². The highest BCUT2D eigenvalue weighted by molar-refractivity contribution is 7.22. The van der Waals surface area contributed by atoms with Crippen molar-refractivity contribution in [3.05, 3.63) is 95.6 Å². The van der Waals surface area contributed by atoms with Crippen molar-refractivity contribution in [3.8, 4) is 0 Å². The first-order chi connectivity index (χ1) is 21.7. The number of hydrogen-bond acceptors (Lipinski definition) is 7. The third kappa shape index (κ3) is 8.00. The Bertz CT molecular complexity index is 1470. The number of aromatic nitrogens is 1. The Hall–Kier alpha value is -4.28. The first kappa shape index (κ1) is 31.2. The molecule has 1 unspecified atom stereocenters. The van der Waals surface area contributed by atoms with Gasteiger partial charge in [0.1, 0.15) is 6.04 Å². The van der Waals surface area contributed by atoms with E-state index in [1.807, 2.05) is 78.9 Å². The number of carbonyl (C=O) groups excluding carboxylic acids is 3. The van der Waals surface area contributed by atoms with Gasteiger partial charge in [-0.25, -0.2) is 4.98 Å². The SMILES string of the molecule is O=CNC(C(=O)NCCCCCCNC(=O)c1cccc2sc(N3CCOCC3)nc12)C(c1ccccc1)c1ccccc1. The number of amides is 3. The smallest absolute Gasteiger partial charge is 0.253 e. The highest BCUT2D eigenvalue weighted by Crippen LogP contribution is 2.31. The molecule has 0 radical (unpaired) electrons. The molecule has 2 heterocycles. The number of para-hydroxylation sites is 1. The van der Waals surface area contributed by atoms with Gasteiger partial charge in [-0.2, -0.15) is 0 Å². The summed E-state index contributed by atoms with van der Waals surface area (Å²) in [6, 6.07) is 24.5. The van der Waals surface area contributed by atoms with E-state index < -0.39 is 6.04 Å². The largest absolute Gasteiger partial charge is 0.378 e. The molecule has 1 atom stereocenters. The maximum atomic E-state index is 13.3. The van der Waals surface area contributed by atoms with E-state index in [9.17, 15) is 14.4 Å². The van der Waals surface area contributed by atoms with E-state index in [0.717, 1.165) is 65.2 Å². The zero-order chi connectivity index (χ0) is 30.6. The normalized spacial score (nSPS) is 13.9. The first-order valence-electron chi connectivity index (χ1n) is 15.2. The molecule has 0 aliphatic carbocycles. The van der Waals surface area contributed by atoms with E-state index in [1.165, 1.54) is 0 Å². The van der Waals surface area contributed by atoms with E-state index in [1.54, 1.807) is 11.3 Å². The third-order valence-corrected chi connectivity index (χ3v) is 8.88. The van der Waals surface area contributed by atoms with Crippen molar-refractivity contribution in [1.82, 2.24) is 20.9 Å². The highest BCUT2D eigenvalue weighted by Gasteiger charge is 2.30. The van der Waals surface area contributed by atoms with E-state index in [2.05, 4.69) is 20.9 Å². The first-order valence-corrected chi connectivity index (χ1v) is 16.0. The number of morpholine rings is 1. The number of fused-ring (bicyclic) bond motifs is 1. The summed E-state index contributed by atoms with van der Waals surface area (Å²) in [5, 5.41) is 9.74. The van der Waals surface area contributed by atoms with Crippen LogP contribution in [0.3, 0.4) is 0 Å². The minimum atomic E-state index is -0.736. The molecule has 3 N–H and O–H groups in total. The van der Waals surface area contributed by atoms with Gasteiger partial charge in [0.25, 0.3) is 5.91 Å². The minimum Gasteiger partial charge on any atom is -0.378 e.